The lowest BCUT2D eigenvalue weighted by Crippen LogP contribution is -2.39. The van der Waals surface area contributed by atoms with Crippen LogP contribution in [0.2, 0.25) is 0 Å². The normalized spacial score (nSPS) is 11.3. The third-order valence-electron chi connectivity index (χ3n) is 5.65. The van der Waals surface area contributed by atoms with E-state index in [9.17, 15) is 18.0 Å². The van der Waals surface area contributed by atoms with Gasteiger partial charge in [-0.05, 0) is 74.9 Å². The summed E-state index contributed by atoms with van der Waals surface area (Å²) in [6.07, 6.45) is 1.40. The van der Waals surface area contributed by atoms with Crippen LogP contribution in [0.15, 0.2) is 76.7 Å². The maximum absolute atomic E-state index is 13.7. The predicted octanol–water partition coefficient (Wildman–Crippen LogP) is 3.26. The number of benzene rings is 3. The molecule has 41 heavy (non-hydrogen) atoms. The summed E-state index contributed by atoms with van der Waals surface area (Å²) < 4.78 is 44.5. The Labute approximate surface area is 240 Å². The van der Waals surface area contributed by atoms with Crippen LogP contribution in [0.1, 0.15) is 25.0 Å². The van der Waals surface area contributed by atoms with E-state index in [1.54, 1.807) is 48.5 Å². The molecule has 0 saturated carbocycles. The van der Waals surface area contributed by atoms with Gasteiger partial charge in [-0.3, -0.25) is 13.9 Å². The van der Waals surface area contributed by atoms with Crippen LogP contribution < -0.4 is 29.3 Å². The monoisotopic (exact) mass is 582 g/mol. The van der Waals surface area contributed by atoms with Gasteiger partial charge in [-0.15, -0.1) is 0 Å². The molecule has 0 saturated heterocycles. The van der Waals surface area contributed by atoms with Crippen LogP contribution in [-0.4, -0.2) is 59.9 Å². The Balaban J connectivity index is 1.75. The summed E-state index contributed by atoms with van der Waals surface area (Å²) >= 11 is 0. The lowest BCUT2D eigenvalue weighted by Gasteiger charge is -2.25. The molecule has 11 nitrogen and oxygen atoms in total. The molecular formula is C29H34N4O7S. The minimum atomic E-state index is -4.18. The topological polar surface area (TPSA) is 136 Å². The quantitative estimate of drug-likeness (QED) is 0.233. The number of nitrogens with zero attached hydrogens (tertiary/aromatic N) is 2. The van der Waals surface area contributed by atoms with Gasteiger partial charge in [0, 0.05) is 12.1 Å². The maximum atomic E-state index is 13.7. The molecule has 3 aromatic rings. The highest BCUT2D eigenvalue weighted by Gasteiger charge is 2.30. The van der Waals surface area contributed by atoms with Crippen molar-refractivity contribution < 1.29 is 32.2 Å². The third-order valence-corrected chi connectivity index (χ3v) is 7.43. The number of carbonyl (C=O) groups excluding carboxylic acids is 2. The number of aryl methyl sites for hydroxylation is 1. The van der Waals surface area contributed by atoms with Crippen LogP contribution in [0.4, 0.5) is 5.69 Å². The molecule has 2 N–H and O–H groups in total. The van der Waals surface area contributed by atoms with E-state index in [0.29, 0.717) is 17.1 Å². The molecule has 12 heteroatoms. The lowest BCUT2D eigenvalue weighted by atomic mass is 10.2. The van der Waals surface area contributed by atoms with Crippen LogP contribution in [0.5, 0.6) is 17.2 Å². The van der Waals surface area contributed by atoms with Gasteiger partial charge in [-0.2, -0.15) is 5.10 Å². The fourth-order valence-electron chi connectivity index (χ4n) is 3.64. The van der Waals surface area contributed by atoms with Crippen molar-refractivity contribution in [3.63, 3.8) is 0 Å². The molecule has 0 aliphatic rings. The fraction of sp³-hybridized carbons (Fsp3) is 0.276. The molecule has 0 aliphatic heterocycles. The van der Waals surface area contributed by atoms with E-state index in [1.807, 2.05) is 20.8 Å². The van der Waals surface area contributed by atoms with E-state index in [2.05, 4.69) is 15.8 Å². The molecule has 0 unspecified atom stereocenters. The fourth-order valence-corrected chi connectivity index (χ4v) is 5.06. The van der Waals surface area contributed by atoms with Crippen LogP contribution in [0.25, 0.3) is 0 Å². The Morgan fingerprint density at radius 1 is 0.927 bits per heavy atom. The van der Waals surface area contributed by atoms with Gasteiger partial charge in [0.25, 0.3) is 21.8 Å². The van der Waals surface area contributed by atoms with Crippen molar-refractivity contribution in [2.45, 2.75) is 31.7 Å². The molecule has 0 aliphatic carbocycles. The molecule has 3 rings (SSSR count). The van der Waals surface area contributed by atoms with Crippen LogP contribution >= 0.6 is 0 Å². The molecule has 3 aromatic carbocycles. The van der Waals surface area contributed by atoms with Gasteiger partial charge in [0.1, 0.15) is 23.8 Å². The van der Waals surface area contributed by atoms with E-state index in [4.69, 9.17) is 14.2 Å². The number of ether oxygens (including phenoxy) is 3. The SMILES string of the molecule is COc1ccc(OC)c(N(CC(=O)N/N=C\c2ccc(OCC(=O)NC(C)C)cc2)S(=O)(=O)c2ccc(C)cc2)c1. The second-order valence-electron chi connectivity index (χ2n) is 9.24. The van der Waals surface area contributed by atoms with Crippen molar-refractivity contribution in [3.8, 4) is 17.2 Å². The largest absolute Gasteiger partial charge is 0.497 e. The van der Waals surface area contributed by atoms with Gasteiger partial charge in [0.2, 0.25) is 0 Å². The van der Waals surface area contributed by atoms with Gasteiger partial charge in [-0.25, -0.2) is 13.8 Å². The zero-order chi connectivity index (χ0) is 30.0. The van der Waals surface area contributed by atoms with E-state index in [0.717, 1.165) is 9.87 Å². The van der Waals surface area contributed by atoms with E-state index < -0.39 is 22.5 Å². The van der Waals surface area contributed by atoms with Crippen molar-refractivity contribution >= 4 is 33.7 Å². The average Bonchev–Trinajstić information content (AvgIpc) is 2.95. The minimum absolute atomic E-state index is 0.00766. The molecular weight excluding hydrogens is 548 g/mol. The molecule has 2 amide bonds. The van der Waals surface area contributed by atoms with Crippen LogP contribution in [-0.2, 0) is 19.6 Å². The highest BCUT2D eigenvalue weighted by molar-refractivity contribution is 7.92. The smallest absolute Gasteiger partial charge is 0.264 e. The number of hydrogen-bond donors (Lipinski definition) is 2. The molecule has 0 aromatic heterocycles. The first-order valence-electron chi connectivity index (χ1n) is 12.7. The molecule has 0 radical (unpaired) electrons. The number of amides is 2. The maximum Gasteiger partial charge on any atom is 0.264 e. The van der Waals surface area contributed by atoms with E-state index in [-0.39, 0.29) is 34.9 Å². The van der Waals surface area contributed by atoms with Crippen molar-refractivity contribution in [1.29, 1.82) is 0 Å². The summed E-state index contributed by atoms with van der Waals surface area (Å²) in [5, 5.41) is 6.70. The van der Waals surface area contributed by atoms with Crippen LogP contribution in [0, 0.1) is 6.92 Å². The Kier molecular flexibility index (Phi) is 10.7. The number of hydrogen-bond acceptors (Lipinski definition) is 8. The van der Waals surface area contributed by atoms with Crippen LogP contribution in [0.3, 0.4) is 0 Å². The van der Waals surface area contributed by atoms with Gasteiger partial charge in [-0.1, -0.05) is 17.7 Å². The Morgan fingerprint density at radius 2 is 1.59 bits per heavy atom. The van der Waals surface area contributed by atoms with Gasteiger partial charge in [0.05, 0.1) is 31.0 Å². The lowest BCUT2D eigenvalue weighted by molar-refractivity contribution is -0.123. The third kappa shape index (κ3) is 8.70. The van der Waals surface area contributed by atoms with Gasteiger partial charge < -0.3 is 19.5 Å². The second kappa shape index (κ2) is 14.2. The molecule has 0 spiro atoms. The number of hydrazone groups is 1. The van der Waals surface area contributed by atoms with Crippen molar-refractivity contribution in [3.05, 3.63) is 77.9 Å². The summed E-state index contributed by atoms with van der Waals surface area (Å²) in [6, 6.07) is 17.7. The van der Waals surface area contributed by atoms with E-state index in [1.165, 1.54) is 38.6 Å². The van der Waals surface area contributed by atoms with Gasteiger partial charge in [0.15, 0.2) is 6.61 Å². The Hall–Kier alpha value is -4.58. The Morgan fingerprint density at radius 3 is 2.20 bits per heavy atom. The molecule has 0 heterocycles. The van der Waals surface area contributed by atoms with Crippen molar-refractivity contribution in [1.82, 2.24) is 10.7 Å². The summed E-state index contributed by atoms with van der Waals surface area (Å²) in [6.45, 7) is 4.88. The zero-order valence-electron chi connectivity index (χ0n) is 23.6. The zero-order valence-corrected chi connectivity index (χ0v) is 24.4. The van der Waals surface area contributed by atoms with Crippen molar-refractivity contribution in [2.24, 2.45) is 5.10 Å². The summed E-state index contributed by atoms with van der Waals surface area (Å²) in [4.78, 5) is 24.7. The first-order valence-corrected chi connectivity index (χ1v) is 14.1. The number of methoxy groups -OCH3 is 2. The summed E-state index contributed by atoms with van der Waals surface area (Å²) in [5.41, 5.74) is 4.03. The Bertz CT molecular complexity index is 1470. The number of carbonyl (C=O) groups is 2. The predicted molar refractivity (Wildman–Crippen MR) is 156 cm³/mol. The summed E-state index contributed by atoms with van der Waals surface area (Å²) in [7, 11) is -1.32. The number of nitrogens with one attached hydrogen (secondary N) is 2. The molecule has 218 valence electrons. The molecule has 0 atom stereocenters. The number of anilines is 1. The molecule has 0 bridgehead atoms. The standard InChI is InChI=1S/C29H34N4O7S/c1-20(2)31-29(35)19-40-23-10-8-22(9-11-23)17-30-32-28(34)18-33(26-16-24(38-4)12-15-27(26)39-5)41(36,37)25-13-6-21(3)7-14-25/h6-17,20H,18-19H2,1-5H3,(H,31,35)(H,32,34)/b30-17-. The average molecular weight is 583 g/mol. The minimum Gasteiger partial charge on any atom is -0.497 e. The first-order chi connectivity index (χ1) is 19.5. The highest BCUT2D eigenvalue weighted by Crippen LogP contribution is 2.35. The number of rotatable bonds is 13. The first kappa shape index (κ1) is 31.0. The van der Waals surface area contributed by atoms with Gasteiger partial charge >= 0.3 is 0 Å². The summed E-state index contributed by atoms with van der Waals surface area (Å²) in [5.74, 6) is 0.212. The van der Waals surface area contributed by atoms with Crippen molar-refractivity contribution in [2.75, 3.05) is 31.7 Å². The molecule has 0 fully saturated rings. The van der Waals surface area contributed by atoms with E-state index >= 15 is 0 Å². The highest BCUT2D eigenvalue weighted by atomic mass is 32.2. The second-order valence-corrected chi connectivity index (χ2v) is 11.1. The number of sulfonamides is 1.